The zero-order valence-electron chi connectivity index (χ0n) is 9.08. The Kier molecular flexibility index (Phi) is 3.88. The third-order valence-corrected chi connectivity index (χ3v) is 1.91. The van der Waals surface area contributed by atoms with Crippen molar-refractivity contribution in [3.8, 4) is 0 Å². The summed E-state index contributed by atoms with van der Waals surface area (Å²) in [4.78, 5) is 23.4. The van der Waals surface area contributed by atoms with E-state index in [1.54, 1.807) is 30.3 Å². The van der Waals surface area contributed by atoms with Crippen molar-refractivity contribution in [2.24, 2.45) is 0 Å². The molecule has 1 aromatic carbocycles. The molecule has 0 unspecified atom stereocenters. The van der Waals surface area contributed by atoms with Crippen LogP contribution in [-0.2, 0) is 9.53 Å². The van der Waals surface area contributed by atoms with Gasteiger partial charge in [0.2, 0.25) is 6.10 Å². The molecule has 0 heterocycles. The number of carbonyl (C=O) groups excluding carboxylic acids is 1. The number of hydrogen-bond acceptors (Lipinski definition) is 3. The SMILES string of the molecule is CN(C)C(=O)O[C@H](C(=O)O)c1ccccc1. The minimum Gasteiger partial charge on any atom is -0.478 e. The molecule has 0 saturated heterocycles. The number of rotatable bonds is 3. The zero-order valence-corrected chi connectivity index (χ0v) is 9.08. The summed E-state index contributed by atoms with van der Waals surface area (Å²) >= 11 is 0. The van der Waals surface area contributed by atoms with Crippen molar-refractivity contribution in [2.75, 3.05) is 14.1 Å². The summed E-state index contributed by atoms with van der Waals surface area (Å²) in [6.45, 7) is 0. The number of ether oxygens (including phenoxy) is 1. The molecule has 0 radical (unpaired) electrons. The van der Waals surface area contributed by atoms with E-state index in [4.69, 9.17) is 9.84 Å². The minimum atomic E-state index is -1.27. The lowest BCUT2D eigenvalue weighted by Gasteiger charge is -2.17. The lowest BCUT2D eigenvalue weighted by atomic mass is 10.1. The van der Waals surface area contributed by atoms with E-state index in [2.05, 4.69) is 0 Å². The monoisotopic (exact) mass is 223 g/mol. The van der Waals surface area contributed by atoms with Gasteiger partial charge in [-0.2, -0.15) is 0 Å². The molecular weight excluding hydrogens is 210 g/mol. The van der Waals surface area contributed by atoms with Crippen LogP contribution in [-0.4, -0.2) is 36.2 Å². The second kappa shape index (κ2) is 5.16. The molecule has 0 saturated carbocycles. The lowest BCUT2D eigenvalue weighted by Crippen LogP contribution is -2.27. The highest BCUT2D eigenvalue weighted by Crippen LogP contribution is 2.18. The van der Waals surface area contributed by atoms with Crippen molar-refractivity contribution in [1.29, 1.82) is 0 Å². The van der Waals surface area contributed by atoms with Gasteiger partial charge < -0.3 is 14.7 Å². The average Bonchev–Trinajstić information content (AvgIpc) is 2.26. The first kappa shape index (κ1) is 12.0. The lowest BCUT2D eigenvalue weighted by molar-refractivity contribution is -0.147. The maximum absolute atomic E-state index is 11.3. The van der Waals surface area contributed by atoms with Gasteiger partial charge >= 0.3 is 12.1 Å². The van der Waals surface area contributed by atoms with Crippen LogP contribution in [0.3, 0.4) is 0 Å². The summed E-state index contributed by atoms with van der Waals surface area (Å²) in [6.07, 6.45) is -1.95. The summed E-state index contributed by atoms with van der Waals surface area (Å²) in [5.74, 6) is -1.19. The first-order valence-corrected chi connectivity index (χ1v) is 4.68. The molecule has 5 nitrogen and oxygen atoms in total. The molecule has 0 aliphatic rings. The molecule has 0 bridgehead atoms. The normalized spacial score (nSPS) is 11.6. The Morgan fingerprint density at radius 1 is 1.25 bits per heavy atom. The van der Waals surface area contributed by atoms with Gasteiger partial charge in [-0.1, -0.05) is 30.3 Å². The van der Waals surface area contributed by atoms with Gasteiger partial charge in [-0.25, -0.2) is 9.59 Å². The summed E-state index contributed by atoms with van der Waals surface area (Å²) < 4.78 is 4.85. The number of aliphatic carboxylic acids is 1. The van der Waals surface area contributed by atoms with Crippen LogP contribution >= 0.6 is 0 Å². The number of carbonyl (C=O) groups is 2. The number of amides is 1. The van der Waals surface area contributed by atoms with Gasteiger partial charge in [-0.3, -0.25) is 0 Å². The van der Waals surface area contributed by atoms with Crippen molar-refractivity contribution in [3.63, 3.8) is 0 Å². The van der Waals surface area contributed by atoms with E-state index < -0.39 is 18.2 Å². The van der Waals surface area contributed by atoms with Gasteiger partial charge in [0.05, 0.1) is 0 Å². The van der Waals surface area contributed by atoms with Crippen LogP contribution in [0.15, 0.2) is 30.3 Å². The van der Waals surface area contributed by atoms with Crippen LogP contribution in [0.25, 0.3) is 0 Å². The van der Waals surface area contributed by atoms with Crippen molar-refractivity contribution in [1.82, 2.24) is 4.90 Å². The van der Waals surface area contributed by atoms with Crippen molar-refractivity contribution in [3.05, 3.63) is 35.9 Å². The van der Waals surface area contributed by atoms with Gasteiger partial charge in [-0.05, 0) is 0 Å². The summed E-state index contributed by atoms with van der Waals surface area (Å²) in [5.41, 5.74) is 0.435. The molecule has 1 rings (SSSR count). The molecule has 16 heavy (non-hydrogen) atoms. The third kappa shape index (κ3) is 2.98. The number of carboxylic acid groups (broad SMARTS) is 1. The average molecular weight is 223 g/mol. The van der Waals surface area contributed by atoms with Gasteiger partial charge in [0, 0.05) is 19.7 Å². The molecule has 0 aromatic heterocycles. The molecule has 0 aliphatic heterocycles. The van der Waals surface area contributed by atoms with Crippen LogP contribution in [0.4, 0.5) is 4.79 Å². The Bertz CT molecular complexity index is 375. The summed E-state index contributed by atoms with van der Waals surface area (Å²) in [5, 5.41) is 8.96. The quantitative estimate of drug-likeness (QED) is 0.843. The minimum absolute atomic E-state index is 0.435. The van der Waals surface area contributed by atoms with Crippen molar-refractivity contribution in [2.45, 2.75) is 6.10 Å². The van der Waals surface area contributed by atoms with Crippen LogP contribution in [0.5, 0.6) is 0 Å². The number of benzene rings is 1. The van der Waals surface area contributed by atoms with E-state index in [1.165, 1.54) is 19.0 Å². The van der Waals surface area contributed by atoms with E-state index >= 15 is 0 Å². The highest BCUT2D eigenvalue weighted by atomic mass is 16.6. The van der Waals surface area contributed by atoms with Crippen molar-refractivity contribution < 1.29 is 19.4 Å². The van der Waals surface area contributed by atoms with Crippen molar-refractivity contribution >= 4 is 12.1 Å². The Morgan fingerprint density at radius 2 is 1.81 bits per heavy atom. The predicted octanol–water partition coefficient (Wildman–Crippen LogP) is 1.51. The molecule has 1 N–H and O–H groups in total. The van der Waals surface area contributed by atoms with Crippen LogP contribution in [0.1, 0.15) is 11.7 Å². The maximum Gasteiger partial charge on any atom is 0.410 e. The smallest absolute Gasteiger partial charge is 0.410 e. The van der Waals surface area contributed by atoms with E-state index in [0.29, 0.717) is 5.56 Å². The number of carboxylic acids is 1. The second-order valence-electron chi connectivity index (χ2n) is 3.41. The van der Waals surface area contributed by atoms with Gasteiger partial charge in [-0.15, -0.1) is 0 Å². The third-order valence-electron chi connectivity index (χ3n) is 1.91. The van der Waals surface area contributed by atoms with Crippen LogP contribution < -0.4 is 0 Å². The molecule has 0 aliphatic carbocycles. The molecule has 1 amide bonds. The fourth-order valence-electron chi connectivity index (χ4n) is 1.10. The van der Waals surface area contributed by atoms with Gasteiger partial charge in [0.25, 0.3) is 0 Å². The Morgan fingerprint density at radius 3 is 2.25 bits per heavy atom. The van der Waals surface area contributed by atoms with E-state index in [1.807, 2.05) is 0 Å². The fourth-order valence-corrected chi connectivity index (χ4v) is 1.10. The largest absolute Gasteiger partial charge is 0.478 e. The number of hydrogen-bond donors (Lipinski definition) is 1. The molecule has 1 aromatic rings. The second-order valence-corrected chi connectivity index (χ2v) is 3.41. The Balaban J connectivity index is 2.85. The zero-order chi connectivity index (χ0) is 12.1. The Labute approximate surface area is 93.2 Å². The van der Waals surface area contributed by atoms with Gasteiger partial charge in [0.15, 0.2) is 0 Å². The predicted molar refractivity (Wildman–Crippen MR) is 57.0 cm³/mol. The first-order chi connectivity index (χ1) is 7.52. The molecule has 5 heteroatoms. The van der Waals surface area contributed by atoms with E-state index in [9.17, 15) is 9.59 Å². The molecule has 0 fully saturated rings. The van der Waals surface area contributed by atoms with Gasteiger partial charge in [0.1, 0.15) is 0 Å². The standard InChI is InChI=1S/C11H13NO4/c1-12(2)11(15)16-9(10(13)14)8-6-4-3-5-7-8/h3-7,9H,1-2H3,(H,13,14)/t9-/m0/s1. The topological polar surface area (TPSA) is 66.8 Å². The number of nitrogens with zero attached hydrogens (tertiary/aromatic N) is 1. The van der Waals surface area contributed by atoms with E-state index in [0.717, 1.165) is 0 Å². The van der Waals surface area contributed by atoms with Crippen LogP contribution in [0.2, 0.25) is 0 Å². The fraction of sp³-hybridized carbons (Fsp3) is 0.273. The van der Waals surface area contributed by atoms with E-state index in [-0.39, 0.29) is 0 Å². The molecular formula is C11H13NO4. The molecule has 0 spiro atoms. The van der Waals surface area contributed by atoms with Crippen LogP contribution in [0, 0.1) is 0 Å². The highest BCUT2D eigenvalue weighted by Gasteiger charge is 2.24. The first-order valence-electron chi connectivity index (χ1n) is 4.68. The molecule has 86 valence electrons. The summed E-state index contributed by atoms with van der Waals surface area (Å²) in [7, 11) is 2.98. The highest BCUT2D eigenvalue weighted by molar-refractivity contribution is 5.78. The summed E-state index contributed by atoms with van der Waals surface area (Å²) in [6, 6.07) is 8.34. The maximum atomic E-state index is 11.3. The molecule has 1 atom stereocenters. The Hall–Kier alpha value is -2.04.